The first-order valence-corrected chi connectivity index (χ1v) is 8.59. The van der Waals surface area contributed by atoms with Gasteiger partial charge in [0, 0.05) is 11.3 Å². The van der Waals surface area contributed by atoms with Gasteiger partial charge in [-0.05, 0) is 36.3 Å². The Hall–Kier alpha value is -1.94. The molecule has 3 nitrogen and oxygen atoms in total. The first kappa shape index (κ1) is 13.7. The molecule has 4 rings (SSSR count). The highest BCUT2D eigenvalue weighted by molar-refractivity contribution is 7.18. The number of hydrogen-bond acceptors (Lipinski definition) is 3. The van der Waals surface area contributed by atoms with Gasteiger partial charge in [0.2, 0.25) is 0 Å². The average molecular weight is 310 g/mol. The summed E-state index contributed by atoms with van der Waals surface area (Å²) in [5.74, 6) is 1.47. The van der Waals surface area contributed by atoms with Crippen LogP contribution in [0.4, 0.5) is 0 Å². The number of benzene rings is 1. The molecular formula is C18H18N2OS. The van der Waals surface area contributed by atoms with Crippen LogP contribution in [0, 0.1) is 5.92 Å². The van der Waals surface area contributed by atoms with E-state index in [0.29, 0.717) is 12.3 Å². The Morgan fingerprint density at radius 3 is 2.95 bits per heavy atom. The number of fused-ring (bicyclic) bond motifs is 3. The van der Waals surface area contributed by atoms with E-state index in [0.717, 1.165) is 28.9 Å². The van der Waals surface area contributed by atoms with Gasteiger partial charge in [-0.1, -0.05) is 37.3 Å². The summed E-state index contributed by atoms with van der Waals surface area (Å²) in [5.41, 5.74) is 2.45. The van der Waals surface area contributed by atoms with E-state index in [2.05, 4.69) is 24.0 Å². The Kier molecular flexibility index (Phi) is 3.34. The molecule has 1 atom stereocenters. The van der Waals surface area contributed by atoms with E-state index < -0.39 is 0 Å². The topological polar surface area (TPSA) is 45.8 Å². The van der Waals surface area contributed by atoms with Crippen LogP contribution < -0.4 is 5.56 Å². The van der Waals surface area contributed by atoms with Gasteiger partial charge in [-0.3, -0.25) is 4.79 Å². The van der Waals surface area contributed by atoms with Crippen molar-refractivity contribution in [3.63, 3.8) is 0 Å². The summed E-state index contributed by atoms with van der Waals surface area (Å²) >= 11 is 1.71. The summed E-state index contributed by atoms with van der Waals surface area (Å²) in [4.78, 5) is 22.5. The fraction of sp³-hybridized carbons (Fsp3) is 0.333. The van der Waals surface area contributed by atoms with Crippen molar-refractivity contribution in [3.05, 3.63) is 62.5 Å². The molecule has 0 amide bonds. The Bertz CT molecular complexity index is 879. The van der Waals surface area contributed by atoms with E-state index in [1.54, 1.807) is 11.3 Å². The highest BCUT2D eigenvalue weighted by atomic mass is 32.1. The van der Waals surface area contributed by atoms with Crippen molar-refractivity contribution in [2.45, 2.75) is 32.6 Å². The molecule has 0 radical (unpaired) electrons. The number of H-pyrrole nitrogens is 1. The summed E-state index contributed by atoms with van der Waals surface area (Å²) in [6.07, 6.45) is 3.94. The molecular weight excluding hydrogens is 292 g/mol. The molecule has 2 aromatic heterocycles. The zero-order chi connectivity index (χ0) is 15.1. The third-order valence-corrected chi connectivity index (χ3v) is 5.58. The molecule has 4 heteroatoms. The lowest BCUT2D eigenvalue weighted by Gasteiger charge is -2.17. The van der Waals surface area contributed by atoms with E-state index in [4.69, 9.17) is 4.98 Å². The lowest BCUT2D eigenvalue weighted by molar-refractivity contribution is 0.509. The van der Waals surface area contributed by atoms with Crippen molar-refractivity contribution in [1.29, 1.82) is 0 Å². The Morgan fingerprint density at radius 1 is 1.32 bits per heavy atom. The lowest BCUT2D eigenvalue weighted by atomic mass is 9.89. The van der Waals surface area contributed by atoms with Crippen LogP contribution >= 0.6 is 11.3 Å². The number of aryl methyl sites for hydroxylation is 1. The molecule has 0 bridgehead atoms. The van der Waals surface area contributed by atoms with Gasteiger partial charge >= 0.3 is 0 Å². The molecule has 0 saturated carbocycles. The maximum atomic E-state index is 12.5. The summed E-state index contributed by atoms with van der Waals surface area (Å²) in [6.45, 7) is 2.28. The van der Waals surface area contributed by atoms with Gasteiger partial charge in [-0.25, -0.2) is 4.98 Å². The number of nitrogens with zero attached hydrogens (tertiary/aromatic N) is 1. The van der Waals surface area contributed by atoms with E-state index in [9.17, 15) is 4.79 Å². The fourth-order valence-electron chi connectivity index (χ4n) is 3.27. The fourth-order valence-corrected chi connectivity index (χ4v) is 4.67. The minimum atomic E-state index is 0.0305. The molecule has 22 heavy (non-hydrogen) atoms. The largest absolute Gasteiger partial charge is 0.310 e. The summed E-state index contributed by atoms with van der Waals surface area (Å²) in [7, 11) is 0. The second-order valence-electron chi connectivity index (χ2n) is 6.21. The maximum absolute atomic E-state index is 12.5. The van der Waals surface area contributed by atoms with Crippen molar-refractivity contribution in [3.8, 4) is 0 Å². The zero-order valence-corrected chi connectivity index (χ0v) is 13.4. The molecule has 1 N–H and O–H groups in total. The molecule has 1 aliphatic rings. The first-order chi connectivity index (χ1) is 10.7. The van der Waals surface area contributed by atoms with Gasteiger partial charge in [-0.2, -0.15) is 0 Å². The van der Waals surface area contributed by atoms with E-state index in [1.807, 2.05) is 18.2 Å². The summed E-state index contributed by atoms with van der Waals surface area (Å²) < 4.78 is 0. The minimum absolute atomic E-state index is 0.0305. The van der Waals surface area contributed by atoms with Crippen molar-refractivity contribution in [1.82, 2.24) is 9.97 Å². The smallest absolute Gasteiger partial charge is 0.259 e. The second-order valence-corrected chi connectivity index (χ2v) is 7.29. The van der Waals surface area contributed by atoms with Crippen molar-refractivity contribution in [2.24, 2.45) is 5.92 Å². The number of hydrogen-bond donors (Lipinski definition) is 1. The molecule has 0 spiro atoms. The van der Waals surface area contributed by atoms with Crippen LogP contribution in [0.3, 0.4) is 0 Å². The predicted molar refractivity (Wildman–Crippen MR) is 90.7 cm³/mol. The highest BCUT2D eigenvalue weighted by Crippen LogP contribution is 2.35. The van der Waals surface area contributed by atoms with Gasteiger partial charge in [0.1, 0.15) is 10.7 Å². The number of thiophene rings is 1. The van der Waals surface area contributed by atoms with Crippen molar-refractivity contribution in [2.75, 3.05) is 0 Å². The molecule has 112 valence electrons. The molecule has 0 aliphatic heterocycles. The average Bonchev–Trinajstić information content (AvgIpc) is 2.85. The van der Waals surface area contributed by atoms with Crippen LogP contribution in [0.5, 0.6) is 0 Å². The molecule has 0 fully saturated rings. The molecule has 1 aromatic carbocycles. The van der Waals surface area contributed by atoms with Crippen LogP contribution in [-0.2, 0) is 19.3 Å². The van der Waals surface area contributed by atoms with Gasteiger partial charge in [0.05, 0.1) is 5.39 Å². The van der Waals surface area contributed by atoms with Gasteiger partial charge < -0.3 is 4.98 Å². The Morgan fingerprint density at radius 2 is 2.14 bits per heavy atom. The lowest BCUT2D eigenvalue weighted by Crippen LogP contribution is -2.14. The number of rotatable bonds is 2. The van der Waals surface area contributed by atoms with Gasteiger partial charge in [0.15, 0.2) is 0 Å². The van der Waals surface area contributed by atoms with Crippen molar-refractivity contribution >= 4 is 21.6 Å². The standard InChI is InChI=1S/C18H18N2OS/c1-11-7-8-13-14(9-11)22-18-16(13)17(21)19-15(20-18)10-12-5-3-2-4-6-12/h2-6,11H,7-10H2,1H3,(H,19,20,21)/t11-/m0/s1. The van der Waals surface area contributed by atoms with E-state index in [-0.39, 0.29) is 5.56 Å². The van der Waals surface area contributed by atoms with E-state index in [1.165, 1.54) is 22.4 Å². The minimum Gasteiger partial charge on any atom is -0.310 e. The maximum Gasteiger partial charge on any atom is 0.259 e. The monoisotopic (exact) mass is 310 g/mol. The van der Waals surface area contributed by atoms with Crippen molar-refractivity contribution < 1.29 is 0 Å². The number of nitrogens with one attached hydrogen (secondary N) is 1. The predicted octanol–water partition coefficient (Wildman–Crippen LogP) is 3.70. The summed E-state index contributed by atoms with van der Waals surface area (Å²) in [6, 6.07) is 10.1. The summed E-state index contributed by atoms with van der Waals surface area (Å²) in [5, 5.41) is 0.837. The molecule has 0 unspecified atom stereocenters. The quantitative estimate of drug-likeness (QED) is 0.784. The van der Waals surface area contributed by atoms with Crippen LogP contribution in [0.15, 0.2) is 35.1 Å². The molecule has 1 aliphatic carbocycles. The molecule has 3 aromatic rings. The Balaban J connectivity index is 1.79. The van der Waals surface area contributed by atoms with E-state index >= 15 is 0 Å². The van der Waals surface area contributed by atoms with Gasteiger partial charge in [0.25, 0.3) is 5.56 Å². The zero-order valence-electron chi connectivity index (χ0n) is 12.6. The van der Waals surface area contributed by atoms with Crippen LogP contribution in [0.25, 0.3) is 10.2 Å². The number of aromatic amines is 1. The highest BCUT2D eigenvalue weighted by Gasteiger charge is 2.22. The van der Waals surface area contributed by atoms with Gasteiger partial charge in [-0.15, -0.1) is 11.3 Å². The first-order valence-electron chi connectivity index (χ1n) is 7.78. The third-order valence-electron chi connectivity index (χ3n) is 4.43. The second kappa shape index (κ2) is 5.36. The molecule has 2 heterocycles. The van der Waals surface area contributed by atoms with Crippen LogP contribution in [0.2, 0.25) is 0 Å². The third kappa shape index (κ3) is 2.37. The normalized spacial score (nSPS) is 17.6. The van der Waals surface area contributed by atoms with Crippen LogP contribution in [-0.4, -0.2) is 9.97 Å². The number of aromatic nitrogens is 2. The SMILES string of the molecule is C[C@H]1CCc2c(sc3nc(Cc4ccccc4)[nH]c(=O)c23)C1. The Labute approximate surface area is 133 Å². The van der Waals surface area contributed by atoms with Crippen LogP contribution in [0.1, 0.15) is 35.2 Å². The molecule has 0 saturated heterocycles.